The Hall–Kier alpha value is -0.420. The molecular weight excluding hydrogens is 214 g/mol. The highest BCUT2D eigenvalue weighted by atomic mass is 32.2. The monoisotopic (exact) mass is 231 g/mol. The van der Waals surface area contributed by atoms with Crippen LogP contribution in [0.1, 0.15) is 20.3 Å². The number of hydrogen-bond donors (Lipinski definition) is 2. The molecular formula is C9H17N3S2. The third-order valence-electron chi connectivity index (χ3n) is 1.89. The van der Waals surface area contributed by atoms with Gasteiger partial charge in [-0.2, -0.15) is 4.37 Å². The minimum atomic E-state index is 0.648. The molecule has 1 rings (SSSR count). The summed E-state index contributed by atoms with van der Waals surface area (Å²) in [6.07, 6.45) is 3.19. The van der Waals surface area contributed by atoms with Crippen molar-refractivity contribution in [2.24, 2.45) is 5.92 Å². The zero-order valence-electron chi connectivity index (χ0n) is 8.83. The van der Waals surface area contributed by atoms with Crippen molar-refractivity contribution in [3.8, 4) is 0 Å². The van der Waals surface area contributed by atoms with Crippen molar-refractivity contribution in [3.63, 3.8) is 0 Å². The molecule has 0 aliphatic carbocycles. The molecule has 0 unspecified atom stereocenters. The Morgan fingerprint density at radius 1 is 1.57 bits per heavy atom. The normalized spacial score (nSPS) is 10.9. The summed E-state index contributed by atoms with van der Waals surface area (Å²) in [6, 6.07) is 0. The van der Waals surface area contributed by atoms with Crippen molar-refractivity contribution in [1.29, 1.82) is 0 Å². The van der Waals surface area contributed by atoms with Gasteiger partial charge in [-0.1, -0.05) is 13.8 Å². The van der Waals surface area contributed by atoms with Crippen LogP contribution < -0.4 is 11.1 Å². The lowest BCUT2D eigenvalue weighted by atomic mass is 10.1. The summed E-state index contributed by atoms with van der Waals surface area (Å²) in [6.45, 7) is 5.43. The predicted octanol–water partition coefficient (Wildman–Crippen LogP) is 2.91. The van der Waals surface area contributed by atoms with Gasteiger partial charge in [-0.15, -0.1) is 11.8 Å². The fourth-order valence-electron chi connectivity index (χ4n) is 1.08. The van der Waals surface area contributed by atoms with E-state index in [0.717, 1.165) is 22.4 Å². The van der Waals surface area contributed by atoms with E-state index in [4.69, 9.17) is 5.73 Å². The minimum absolute atomic E-state index is 0.648. The second-order valence-electron chi connectivity index (χ2n) is 3.54. The van der Waals surface area contributed by atoms with Crippen LogP contribution >= 0.6 is 23.3 Å². The molecule has 1 aromatic rings. The Labute approximate surface area is 93.6 Å². The van der Waals surface area contributed by atoms with E-state index < -0.39 is 0 Å². The van der Waals surface area contributed by atoms with Crippen molar-refractivity contribution in [3.05, 3.63) is 0 Å². The number of anilines is 2. The first-order valence-electron chi connectivity index (χ1n) is 4.68. The van der Waals surface area contributed by atoms with Crippen LogP contribution in [0.4, 0.5) is 10.8 Å². The summed E-state index contributed by atoms with van der Waals surface area (Å²) >= 11 is 3.09. The smallest absolute Gasteiger partial charge is 0.153 e. The lowest BCUT2D eigenvalue weighted by molar-refractivity contribution is 0.607. The van der Waals surface area contributed by atoms with Crippen molar-refractivity contribution in [2.75, 3.05) is 23.9 Å². The number of rotatable bonds is 5. The first kappa shape index (κ1) is 11.7. The van der Waals surface area contributed by atoms with E-state index in [0.29, 0.717) is 5.82 Å². The Morgan fingerprint density at radius 3 is 2.86 bits per heavy atom. The van der Waals surface area contributed by atoms with Gasteiger partial charge >= 0.3 is 0 Å². The first-order chi connectivity index (χ1) is 6.65. The number of hydrogen-bond acceptors (Lipinski definition) is 5. The predicted molar refractivity (Wildman–Crippen MR) is 66.3 cm³/mol. The molecule has 14 heavy (non-hydrogen) atoms. The highest BCUT2D eigenvalue weighted by molar-refractivity contribution is 7.99. The largest absolute Gasteiger partial charge is 0.382 e. The molecule has 0 atom stereocenters. The molecule has 0 saturated carbocycles. The molecule has 3 N–H and O–H groups in total. The second-order valence-corrected chi connectivity index (χ2v) is 5.13. The van der Waals surface area contributed by atoms with E-state index in [2.05, 4.69) is 23.5 Å². The van der Waals surface area contributed by atoms with Gasteiger partial charge in [-0.25, -0.2) is 0 Å². The van der Waals surface area contributed by atoms with Crippen LogP contribution in [0.25, 0.3) is 0 Å². The lowest BCUT2D eigenvalue weighted by Crippen LogP contribution is -2.04. The summed E-state index contributed by atoms with van der Waals surface area (Å²) in [4.78, 5) is 1.08. The molecule has 0 aliphatic rings. The van der Waals surface area contributed by atoms with Gasteiger partial charge in [0.25, 0.3) is 0 Å². The van der Waals surface area contributed by atoms with Crippen LogP contribution in [-0.4, -0.2) is 17.2 Å². The van der Waals surface area contributed by atoms with Gasteiger partial charge in [0.15, 0.2) is 5.82 Å². The average Bonchev–Trinajstić information content (AvgIpc) is 2.46. The van der Waals surface area contributed by atoms with Crippen LogP contribution in [0.3, 0.4) is 0 Å². The Morgan fingerprint density at radius 2 is 2.29 bits per heavy atom. The first-order valence-corrected chi connectivity index (χ1v) is 6.68. The Bertz CT molecular complexity index is 284. The quantitative estimate of drug-likeness (QED) is 0.765. The number of aromatic nitrogens is 1. The van der Waals surface area contributed by atoms with Gasteiger partial charge < -0.3 is 11.1 Å². The van der Waals surface area contributed by atoms with Crippen molar-refractivity contribution < 1.29 is 0 Å². The Balaban J connectivity index is 2.50. The van der Waals surface area contributed by atoms with Gasteiger partial charge in [0.05, 0.1) is 4.90 Å². The second kappa shape index (κ2) is 5.46. The standard InChI is InChI=1S/C9H17N3S2/c1-6(2)4-5-11-9-7(13-3)8(10)12-14-9/h6,11H,4-5H2,1-3H3,(H2,10,12). The molecule has 5 heteroatoms. The van der Waals surface area contributed by atoms with Gasteiger partial charge in [-0.05, 0) is 30.1 Å². The van der Waals surface area contributed by atoms with E-state index in [9.17, 15) is 0 Å². The van der Waals surface area contributed by atoms with Gasteiger partial charge in [0.2, 0.25) is 0 Å². The number of nitrogen functional groups attached to an aromatic ring is 1. The maximum absolute atomic E-state index is 5.72. The van der Waals surface area contributed by atoms with Crippen molar-refractivity contribution >= 4 is 34.1 Å². The topological polar surface area (TPSA) is 50.9 Å². The average molecular weight is 231 g/mol. The van der Waals surface area contributed by atoms with E-state index in [1.807, 2.05) is 6.26 Å². The molecule has 1 heterocycles. The molecule has 0 fully saturated rings. The number of thioether (sulfide) groups is 1. The molecule has 0 spiro atoms. The maximum atomic E-state index is 5.72. The van der Waals surface area contributed by atoms with Gasteiger partial charge in [0.1, 0.15) is 5.00 Å². The van der Waals surface area contributed by atoms with Crippen molar-refractivity contribution in [1.82, 2.24) is 4.37 Å². The molecule has 0 amide bonds. The number of nitrogens with two attached hydrogens (primary N) is 1. The molecule has 0 radical (unpaired) electrons. The molecule has 0 aliphatic heterocycles. The van der Waals surface area contributed by atoms with Crippen LogP contribution in [0.15, 0.2) is 4.90 Å². The van der Waals surface area contributed by atoms with Gasteiger partial charge in [0, 0.05) is 6.54 Å². The fraction of sp³-hybridized carbons (Fsp3) is 0.667. The highest BCUT2D eigenvalue weighted by Gasteiger charge is 2.09. The summed E-state index contributed by atoms with van der Waals surface area (Å²) in [5.41, 5.74) is 5.72. The summed E-state index contributed by atoms with van der Waals surface area (Å²) in [5.74, 6) is 1.38. The molecule has 3 nitrogen and oxygen atoms in total. The molecule has 0 aromatic carbocycles. The lowest BCUT2D eigenvalue weighted by Gasteiger charge is -2.07. The summed E-state index contributed by atoms with van der Waals surface area (Å²) in [7, 11) is 0. The van der Waals surface area contributed by atoms with Crippen LogP contribution in [-0.2, 0) is 0 Å². The third kappa shape index (κ3) is 3.06. The minimum Gasteiger partial charge on any atom is -0.382 e. The molecule has 80 valence electrons. The highest BCUT2D eigenvalue weighted by Crippen LogP contribution is 2.34. The maximum Gasteiger partial charge on any atom is 0.153 e. The number of nitrogens with zero attached hydrogens (tertiary/aromatic N) is 1. The third-order valence-corrected chi connectivity index (χ3v) is 3.66. The van der Waals surface area contributed by atoms with E-state index in [1.54, 1.807) is 11.8 Å². The fourth-order valence-corrected chi connectivity index (χ4v) is 2.65. The van der Waals surface area contributed by atoms with Crippen molar-refractivity contribution in [2.45, 2.75) is 25.2 Å². The zero-order valence-corrected chi connectivity index (χ0v) is 10.5. The number of nitrogens with one attached hydrogen (secondary N) is 1. The van der Waals surface area contributed by atoms with E-state index in [-0.39, 0.29) is 0 Å². The molecule has 0 saturated heterocycles. The summed E-state index contributed by atoms with van der Waals surface area (Å²) in [5, 5.41) is 4.48. The summed E-state index contributed by atoms with van der Waals surface area (Å²) < 4.78 is 4.12. The SMILES string of the molecule is CSc1c(N)nsc1NCCC(C)C. The van der Waals surface area contributed by atoms with E-state index in [1.165, 1.54) is 18.0 Å². The van der Waals surface area contributed by atoms with Gasteiger partial charge in [-0.3, -0.25) is 0 Å². The molecule has 0 bridgehead atoms. The zero-order chi connectivity index (χ0) is 10.6. The van der Waals surface area contributed by atoms with Crippen LogP contribution in [0, 0.1) is 5.92 Å². The Kier molecular flexibility index (Phi) is 4.54. The molecule has 1 aromatic heterocycles. The van der Waals surface area contributed by atoms with E-state index >= 15 is 0 Å². The van der Waals surface area contributed by atoms with Crippen LogP contribution in [0.2, 0.25) is 0 Å². The van der Waals surface area contributed by atoms with Crippen LogP contribution in [0.5, 0.6) is 0 Å².